The molecule has 0 saturated carbocycles. The van der Waals surface area contributed by atoms with Gasteiger partial charge in [-0.05, 0) is 77.2 Å². The monoisotopic (exact) mass is 369 g/mol. The summed E-state index contributed by atoms with van der Waals surface area (Å²) in [6.07, 6.45) is 10.9. The summed E-state index contributed by atoms with van der Waals surface area (Å²) in [6, 6.07) is 8.66. The van der Waals surface area contributed by atoms with E-state index in [1.165, 1.54) is 67.7 Å². The van der Waals surface area contributed by atoms with Gasteiger partial charge in [0, 0.05) is 38.1 Å². The molecule has 1 aromatic carbocycles. The second-order valence-corrected chi connectivity index (χ2v) is 7.88. The number of nitrogens with one attached hydrogen (secondary N) is 1. The molecule has 2 rings (SSSR count). The van der Waals surface area contributed by atoms with Gasteiger partial charge in [-0.15, -0.1) is 0 Å². The summed E-state index contributed by atoms with van der Waals surface area (Å²) in [4.78, 5) is 5.02. The van der Waals surface area contributed by atoms with Gasteiger partial charge in [0.15, 0.2) is 0 Å². The first-order valence-electron chi connectivity index (χ1n) is 10.7. The van der Waals surface area contributed by atoms with Crippen LogP contribution in [0.25, 0.3) is 0 Å². The Bertz CT molecular complexity index is 601. The van der Waals surface area contributed by atoms with E-state index >= 15 is 0 Å². The van der Waals surface area contributed by atoms with Crippen LogP contribution in [0.3, 0.4) is 0 Å². The zero-order chi connectivity index (χ0) is 19.5. The van der Waals surface area contributed by atoms with E-state index in [4.69, 9.17) is 0 Å². The second-order valence-electron chi connectivity index (χ2n) is 7.88. The molecule has 1 N–H and O–H groups in total. The third-order valence-electron chi connectivity index (χ3n) is 5.53. The Balaban J connectivity index is 1.74. The lowest BCUT2D eigenvalue weighted by molar-refractivity contribution is 0.289. The summed E-state index contributed by atoms with van der Waals surface area (Å²) in [5.74, 6) is 0. The van der Waals surface area contributed by atoms with Gasteiger partial charge in [0.1, 0.15) is 0 Å². The highest BCUT2D eigenvalue weighted by Gasteiger charge is 2.08. The predicted octanol–water partition coefficient (Wildman–Crippen LogP) is 5.45. The van der Waals surface area contributed by atoms with Gasteiger partial charge in [-0.2, -0.15) is 0 Å². The molecule has 0 atom stereocenters. The zero-order valence-corrected chi connectivity index (χ0v) is 17.9. The molecule has 1 aliphatic heterocycles. The van der Waals surface area contributed by atoms with E-state index < -0.39 is 0 Å². The van der Waals surface area contributed by atoms with E-state index in [2.05, 4.69) is 79.4 Å². The molecule has 1 aromatic rings. The number of allylic oxidation sites excluding steroid dienone is 4. The van der Waals surface area contributed by atoms with Crippen LogP contribution in [0.1, 0.15) is 51.5 Å². The van der Waals surface area contributed by atoms with E-state index in [1.54, 1.807) is 0 Å². The van der Waals surface area contributed by atoms with Crippen LogP contribution >= 0.6 is 0 Å². The molecule has 0 radical (unpaired) electrons. The number of benzene rings is 1. The van der Waals surface area contributed by atoms with Crippen molar-refractivity contribution in [2.45, 2.75) is 52.9 Å². The largest absolute Gasteiger partial charge is 0.384 e. The predicted molar refractivity (Wildman–Crippen MR) is 119 cm³/mol. The smallest absolute Gasteiger partial charge is 0.0340 e. The van der Waals surface area contributed by atoms with Gasteiger partial charge in [-0.1, -0.05) is 36.3 Å². The van der Waals surface area contributed by atoms with E-state index in [9.17, 15) is 0 Å². The van der Waals surface area contributed by atoms with Gasteiger partial charge in [0.2, 0.25) is 0 Å². The first kappa shape index (κ1) is 21.6. The van der Waals surface area contributed by atoms with E-state index in [-0.39, 0.29) is 0 Å². The van der Waals surface area contributed by atoms with Crippen molar-refractivity contribution >= 4 is 5.69 Å². The standard InChI is InChI=1S/C24H39N3/c1-5-27(20-17-25-23-14-11-22(3)12-15-23)19-8-10-24-16-13-21(2)9-6-7-18-26(24)4/h11-16,25H,5-10,17-20H2,1-4H3/b21-13+,24-16-. The minimum atomic E-state index is 1.00. The van der Waals surface area contributed by atoms with Crippen LogP contribution in [0, 0.1) is 6.92 Å². The Morgan fingerprint density at radius 2 is 1.81 bits per heavy atom. The molecule has 1 heterocycles. The molecule has 0 saturated heterocycles. The van der Waals surface area contributed by atoms with Crippen LogP contribution in [0.5, 0.6) is 0 Å². The molecule has 3 heteroatoms. The lowest BCUT2D eigenvalue weighted by Gasteiger charge is -2.24. The molecule has 0 spiro atoms. The average Bonchev–Trinajstić information content (AvgIpc) is 2.74. The van der Waals surface area contributed by atoms with Crippen molar-refractivity contribution in [1.29, 1.82) is 0 Å². The van der Waals surface area contributed by atoms with Crippen LogP contribution in [0.15, 0.2) is 47.7 Å². The van der Waals surface area contributed by atoms with Crippen molar-refractivity contribution < 1.29 is 0 Å². The Labute approximate surface area is 167 Å². The van der Waals surface area contributed by atoms with Gasteiger partial charge in [-0.3, -0.25) is 0 Å². The third kappa shape index (κ3) is 8.21. The molecule has 150 valence electrons. The molecule has 27 heavy (non-hydrogen) atoms. The SMILES string of the molecule is CCN(CCC/C1=C/C=C(\C)CCCCN1C)CCNc1ccc(C)cc1. The Morgan fingerprint density at radius 3 is 2.56 bits per heavy atom. The van der Waals surface area contributed by atoms with Crippen LogP contribution in [-0.4, -0.2) is 49.6 Å². The molecule has 0 amide bonds. The number of likely N-dealkylation sites (N-methyl/N-ethyl adjacent to an activating group) is 1. The van der Waals surface area contributed by atoms with E-state index in [0.717, 1.165) is 19.6 Å². The van der Waals surface area contributed by atoms with Gasteiger partial charge in [0.05, 0.1) is 0 Å². The lowest BCUT2D eigenvalue weighted by Crippen LogP contribution is -2.30. The first-order chi connectivity index (χ1) is 13.1. The highest BCUT2D eigenvalue weighted by atomic mass is 15.1. The van der Waals surface area contributed by atoms with Crippen LogP contribution in [-0.2, 0) is 0 Å². The fourth-order valence-corrected chi connectivity index (χ4v) is 3.56. The number of nitrogens with zero attached hydrogens (tertiary/aromatic N) is 2. The molecule has 1 aliphatic rings. The number of hydrogen-bond acceptors (Lipinski definition) is 3. The molecule has 0 bridgehead atoms. The van der Waals surface area contributed by atoms with Crippen molar-refractivity contribution in [2.24, 2.45) is 0 Å². The minimum Gasteiger partial charge on any atom is -0.384 e. The topological polar surface area (TPSA) is 18.5 Å². The fourth-order valence-electron chi connectivity index (χ4n) is 3.56. The van der Waals surface area contributed by atoms with Crippen LogP contribution < -0.4 is 5.32 Å². The maximum absolute atomic E-state index is 3.54. The van der Waals surface area contributed by atoms with Crippen LogP contribution in [0.2, 0.25) is 0 Å². The summed E-state index contributed by atoms with van der Waals surface area (Å²) in [5, 5.41) is 3.54. The molecular weight excluding hydrogens is 330 g/mol. The second kappa shape index (κ2) is 11.9. The third-order valence-corrected chi connectivity index (χ3v) is 5.53. The number of aryl methyl sites for hydroxylation is 1. The maximum Gasteiger partial charge on any atom is 0.0340 e. The quantitative estimate of drug-likeness (QED) is 0.624. The number of rotatable bonds is 9. The Kier molecular flexibility index (Phi) is 9.47. The summed E-state index contributed by atoms with van der Waals surface area (Å²) >= 11 is 0. The van der Waals surface area contributed by atoms with Crippen molar-refractivity contribution in [2.75, 3.05) is 45.1 Å². The Morgan fingerprint density at radius 1 is 1.04 bits per heavy atom. The summed E-state index contributed by atoms with van der Waals surface area (Å²) in [6.45, 7) is 12.2. The molecular formula is C24H39N3. The normalized spacial score (nSPS) is 19.5. The molecule has 0 aliphatic carbocycles. The number of anilines is 1. The van der Waals surface area contributed by atoms with Crippen molar-refractivity contribution in [1.82, 2.24) is 9.80 Å². The zero-order valence-electron chi connectivity index (χ0n) is 17.9. The summed E-state index contributed by atoms with van der Waals surface area (Å²) in [7, 11) is 2.25. The van der Waals surface area contributed by atoms with Gasteiger partial charge in [0.25, 0.3) is 0 Å². The van der Waals surface area contributed by atoms with E-state index in [1.807, 2.05) is 0 Å². The molecule has 0 unspecified atom stereocenters. The summed E-state index contributed by atoms with van der Waals surface area (Å²) < 4.78 is 0. The van der Waals surface area contributed by atoms with Crippen molar-refractivity contribution in [3.05, 3.63) is 53.3 Å². The van der Waals surface area contributed by atoms with Gasteiger partial charge >= 0.3 is 0 Å². The maximum atomic E-state index is 3.54. The van der Waals surface area contributed by atoms with Crippen molar-refractivity contribution in [3.63, 3.8) is 0 Å². The number of hydrogen-bond donors (Lipinski definition) is 1. The average molecular weight is 370 g/mol. The highest BCUT2D eigenvalue weighted by molar-refractivity contribution is 5.44. The van der Waals surface area contributed by atoms with Crippen molar-refractivity contribution in [3.8, 4) is 0 Å². The van der Waals surface area contributed by atoms with Gasteiger partial charge in [-0.25, -0.2) is 0 Å². The molecule has 0 aromatic heterocycles. The first-order valence-corrected chi connectivity index (χ1v) is 10.7. The summed E-state index contributed by atoms with van der Waals surface area (Å²) in [5.41, 5.74) is 5.53. The molecule has 0 fully saturated rings. The van der Waals surface area contributed by atoms with E-state index in [0.29, 0.717) is 0 Å². The Hall–Kier alpha value is -1.74. The van der Waals surface area contributed by atoms with Gasteiger partial charge < -0.3 is 15.1 Å². The van der Waals surface area contributed by atoms with Crippen LogP contribution in [0.4, 0.5) is 5.69 Å². The fraction of sp³-hybridized carbons (Fsp3) is 0.583. The highest BCUT2D eigenvalue weighted by Crippen LogP contribution is 2.17. The minimum absolute atomic E-state index is 1.00. The lowest BCUT2D eigenvalue weighted by atomic mass is 10.1. The molecule has 3 nitrogen and oxygen atoms in total.